The van der Waals surface area contributed by atoms with Gasteiger partial charge in [0.25, 0.3) is 0 Å². The largest absolute Gasteiger partial charge is 0.481 e. The quantitative estimate of drug-likeness (QED) is 0.0864. The molecule has 0 aliphatic carbocycles. The van der Waals surface area contributed by atoms with E-state index in [9.17, 15) is 127 Å². The molecule has 0 amide bonds. The molecule has 30 aliphatic rings. The van der Waals surface area contributed by atoms with Crippen LogP contribution in [0.2, 0.25) is 0 Å². The van der Waals surface area contributed by atoms with E-state index >= 15 is 0 Å². The fourth-order valence-corrected chi connectivity index (χ4v) is 14.0. The number of thioether (sulfide) groups is 1. The molecule has 30 fully saturated rings. The van der Waals surface area contributed by atoms with Gasteiger partial charge in [-0.25, -0.2) is 0 Å². The molecule has 24 unspecified atom stereocenters. The topological polar surface area (TPSA) is 650 Å². The van der Waals surface area contributed by atoms with Crippen LogP contribution in [-0.2, 0) is 87.0 Å². The second-order valence-corrected chi connectivity index (χ2v) is 25.9. The minimum absolute atomic E-state index is 0.320. The Bertz CT molecular complexity index is 2650. The summed E-state index contributed by atoms with van der Waals surface area (Å²) in [6.45, 7) is -7.64. The summed E-state index contributed by atoms with van der Waals surface area (Å²) in [4.78, 5) is 12.0. The van der Waals surface area contributed by atoms with Crippen molar-refractivity contribution in [3.63, 3.8) is 0 Å². The van der Waals surface area contributed by atoms with Crippen LogP contribution in [-0.4, -0.2) is 426 Å². The lowest BCUT2D eigenvalue weighted by atomic mass is 9.95. The molecule has 30 aliphatic heterocycles. The van der Waals surface area contributed by atoms with Crippen molar-refractivity contribution in [3.05, 3.63) is 29.8 Å². The number of hydrogen-bond donors (Lipinski definition) is 24. The highest BCUT2D eigenvalue weighted by atomic mass is 32.2. The van der Waals surface area contributed by atoms with Crippen LogP contribution in [0.15, 0.2) is 29.2 Å². The Morgan fingerprint density at radius 1 is 0.286 bits per heavy atom. The average molecular weight is 1450 g/mol. The highest BCUT2D eigenvalue weighted by molar-refractivity contribution is 7.99. The van der Waals surface area contributed by atoms with Crippen molar-refractivity contribution >= 4 is 17.7 Å². The summed E-state index contributed by atoms with van der Waals surface area (Å²) in [5.74, 6) is -1.48. The fourth-order valence-electron chi connectivity index (χ4n) is 13.0. The predicted molar refractivity (Wildman–Crippen MR) is 302 cm³/mol. The van der Waals surface area contributed by atoms with Gasteiger partial charge in [0, 0.05) is 10.6 Å². The van der Waals surface area contributed by atoms with E-state index in [1.165, 1.54) is 18.2 Å². The first-order valence-corrected chi connectivity index (χ1v) is 32.3. The molecule has 30 heterocycles. The Hall–Kier alpha value is -2.52. The molecule has 30 saturated heterocycles. The third kappa shape index (κ3) is 16.2. The zero-order valence-corrected chi connectivity index (χ0v) is 52.2. The number of benzene rings is 1. The Kier molecular flexibility index (Phi) is 26.9. The first kappa shape index (κ1) is 78.1. The first-order valence-electron chi connectivity index (χ1n) is 31.3. The number of carbonyl (C=O) groups is 1. The van der Waals surface area contributed by atoms with Crippen LogP contribution in [0.5, 0.6) is 0 Å². The van der Waals surface area contributed by atoms with Gasteiger partial charge in [0.05, 0.1) is 58.8 Å². The molecule has 1 aromatic rings. The summed E-state index contributed by atoms with van der Waals surface area (Å²) in [5.41, 5.74) is 0.353. The van der Waals surface area contributed by atoms with Crippen molar-refractivity contribution in [1.29, 1.82) is 0 Å². The molecule has 0 spiro atoms. The van der Waals surface area contributed by atoms with Crippen LogP contribution in [0, 0.1) is 0 Å². The van der Waals surface area contributed by atoms with Crippen molar-refractivity contribution in [2.45, 2.75) is 257 Å². The molecule has 40 atom stereocenters. The van der Waals surface area contributed by atoms with Gasteiger partial charge in [-0.15, -0.1) is 11.8 Å². The van der Waals surface area contributed by atoms with E-state index in [0.29, 0.717) is 10.5 Å². The number of hydrogen-bond acceptors (Lipinski definition) is 41. The van der Waals surface area contributed by atoms with E-state index in [-0.39, 0.29) is 5.75 Å². The molecule has 31 rings (SSSR count). The van der Waals surface area contributed by atoms with Crippen molar-refractivity contribution in [2.75, 3.05) is 52.0 Å². The van der Waals surface area contributed by atoms with Gasteiger partial charge in [-0.2, -0.15) is 0 Å². The molecule has 0 saturated carbocycles. The summed E-state index contributed by atoms with van der Waals surface area (Å²) in [6, 6.07) is 6.13. The van der Waals surface area contributed by atoms with E-state index in [1.54, 1.807) is 6.07 Å². The summed E-state index contributed by atoms with van der Waals surface area (Å²) in [6.07, 6.45) is -82.6. The van der Waals surface area contributed by atoms with Crippen molar-refractivity contribution in [2.24, 2.45) is 0 Å². The maximum Gasteiger partial charge on any atom is 0.307 e. The molecule has 0 radical (unpaired) electrons. The predicted octanol–water partition coefficient (Wildman–Crippen LogP) is -15.0. The fraction of sp³-hybridized carbons (Fsp3) is 0.875. The Balaban J connectivity index is 0.933. The van der Waals surface area contributed by atoms with E-state index in [1.807, 2.05) is 0 Å². The Labute approximate surface area is 558 Å². The van der Waals surface area contributed by atoms with Gasteiger partial charge in [0.2, 0.25) is 0 Å². The maximum absolute atomic E-state index is 11.9. The monoisotopic (exact) mass is 1450 g/mol. The smallest absolute Gasteiger partial charge is 0.307 e. The van der Waals surface area contributed by atoms with E-state index in [2.05, 4.69) is 0 Å². The van der Waals surface area contributed by atoms with E-state index in [0.717, 1.165) is 11.8 Å². The molecule has 98 heavy (non-hydrogen) atoms. The summed E-state index contributed by atoms with van der Waals surface area (Å²) in [5, 5.41) is 268. The molecular formula is C56H86O41S. The third-order valence-electron chi connectivity index (χ3n) is 18.4. The van der Waals surface area contributed by atoms with Gasteiger partial charge >= 0.3 is 5.97 Å². The number of aliphatic hydroxyl groups is 23. The second-order valence-electron chi connectivity index (χ2n) is 24.8. The SMILES string of the molecule is O=C(O)Cc1cccc(SCC2O[C@@H]3O[C@@H]4C(CO)O[C@H](O[C@@H]5C(CO)O[C@H](O[C@@H]6C(CO)O[C@H](O[C@@H]7C(CO)O[C@H](O[C@@H]8C(CO)O[C@H](O[C@@H]9C(CO)O[C@H](O[C@@H]%10C(CO)O[C@H](O[C@H]2C(O)C3O)C(O)C%10O)C(O)C9O)C(O)C8O)C(O)C7O)C(O)C6O)C(O)C5O)C(O)C4O)c1. The average Bonchev–Trinajstić information content (AvgIpc) is 0.779. The molecular weight excluding hydrogens is 1360 g/mol. The van der Waals surface area contributed by atoms with Crippen molar-refractivity contribution in [1.82, 2.24) is 0 Å². The van der Waals surface area contributed by atoms with Gasteiger partial charge in [-0.3, -0.25) is 4.79 Å². The first-order chi connectivity index (χ1) is 46.7. The lowest BCUT2D eigenvalue weighted by Gasteiger charge is -2.50. The lowest BCUT2D eigenvalue weighted by Crippen LogP contribution is -2.69. The van der Waals surface area contributed by atoms with Crippen LogP contribution in [0.1, 0.15) is 5.56 Å². The molecule has 42 heteroatoms. The zero-order valence-electron chi connectivity index (χ0n) is 51.3. The van der Waals surface area contributed by atoms with E-state index < -0.39 is 304 Å². The van der Waals surface area contributed by atoms with Gasteiger partial charge in [0.1, 0.15) is 189 Å². The number of aliphatic carboxylic acids is 1. The molecule has 562 valence electrons. The van der Waals surface area contributed by atoms with Gasteiger partial charge in [-0.05, 0) is 17.7 Å². The molecule has 1 aromatic carbocycles. The van der Waals surface area contributed by atoms with Crippen LogP contribution >= 0.6 is 11.8 Å². The number of carboxylic acid groups (broad SMARTS) is 1. The van der Waals surface area contributed by atoms with Gasteiger partial charge in [0.15, 0.2) is 50.3 Å². The van der Waals surface area contributed by atoms with Gasteiger partial charge < -0.3 is 198 Å². The minimum atomic E-state index is -2.27. The van der Waals surface area contributed by atoms with Crippen LogP contribution < -0.4 is 0 Å². The Morgan fingerprint density at radius 3 is 0.673 bits per heavy atom. The number of rotatable bonds is 12. The minimum Gasteiger partial charge on any atom is -0.481 e. The third-order valence-corrected chi connectivity index (χ3v) is 19.5. The molecule has 41 nitrogen and oxygen atoms in total. The van der Waals surface area contributed by atoms with Crippen molar-refractivity contribution in [3.8, 4) is 0 Å². The molecule has 24 N–H and O–H groups in total. The number of ether oxygens (including phenoxy) is 16. The Morgan fingerprint density at radius 2 is 0.480 bits per heavy atom. The van der Waals surface area contributed by atoms with Crippen LogP contribution in [0.3, 0.4) is 0 Å². The molecule has 16 bridgehead atoms. The number of aliphatic hydroxyl groups excluding tert-OH is 23. The van der Waals surface area contributed by atoms with Gasteiger partial charge in [-0.1, -0.05) is 12.1 Å². The van der Waals surface area contributed by atoms with Crippen molar-refractivity contribution < 1.29 is 203 Å². The van der Waals surface area contributed by atoms with Crippen LogP contribution in [0.25, 0.3) is 0 Å². The standard InChI is InChI=1S/C56H86O41S/c57-6-16-41-25(66)33(74)49(82-16)91-42-17(7-58)84-51(35(76)27(42)68)93-44-19(9-60)86-53(37(78)29(44)70)95-46-21(11-62)88-55(39(80)31(46)72)97-48-23(13-98-15-3-1-2-14(4-15)5-24(64)65)89-56(40(81)32(48)73)96-47-22(12-63)87-54(38(79)30(47)71)94-45-20(10-61)85-52(36(77)28(45)69)92-43-18(8-59)83-50(90-41)34(75)26(43)67/h1-4,16-23,25-63,66-81H,5-13H2,(H,64,65)/t16?,17?,18?,19?,20?,21?,22?,23?,25?,26?,27?,28?,29?,30?,31?,32?,33?,34?,35?,36?,37?,38?,39?,40?,41-,42-,43-,44-,45-,46-,47-,48-,49-,50-,51-,52-,53-,54-,55-,56-/m1/s1. The normalized spacial score (nSPS) is 50.8. The summed E-state index contributed by atoms with van der Waals surface area (Å²) >= 11 is 0.967. The molecule has 0 aromatic heterocycles. The highest BCUT2D eigenvalue weighted by Gasteiger charge is 2.60. The number of carboxylic acids is 1. The lowest BCUT2D eigenvalue weighted by molar-refractivity contribution is -0.403. The maximum atomic E-state index is 11.9. The van der Waals surface area contributed by atoms with Crippen LogP contribution in [0.4, 0.5) is 0 Å². The highest BCUT2D eigenvalue weighted by Crippen LogP contribution is 2.41. The summed E-state index contributed by atoms with van der Waals surface area (Å²) in [7, 11) is 0. The zero-order chi connectivity index (χ0) is 71.0. The second kappa shape index (κ2) is 33.7. The summed E-state index contributed by atoms with van der Waals surface area (Å²) < 4.78 is 93.0. The van der Waals surface area contributed by atoms with E-state index in [4.69, 9.17) is 75.8 Å².